The molecule has 0 spiro atoms. The van der Waals surface area contributed by atoms with Crippen LogP contribution in [0.4, 0.5) is 0 Å². The van der Waals surface area contributed by atoms with Gasteiger partial charge in [-0.3, -0.25) is 4.68 Å². The Balaban J connectivity index is 1.51. The summed E-state index contributed by atoms with van der Waals surface area (Å²) in [6.45, 7) is 6.87. The van der Waals surface area contributed by atoms with Gasteiger partial charge in [0.05, 0.1) is 24.9 Å². The number of aryl methyl sites for hydroxylation is 2. The average molecular weight is 418 g/mol. The predicted octanol–water partition coefficient (Wildman–Crippen LogP) is 3.99. The normalized spacial score (nSPS) is 12.4. The van der Waals surface area contributed by atoms with Crippen LogP contribution in [0.2, 0.25) is 0 Å². The summed E-state index contributed by atoms with van der Waals surface area (Å²) in [6, 6.07) is 8.00. The van der Waals surface area contributed by atoms with Gasteiger partial charge in [-0.15, -0.1) is 0 Å². The van der Waals surface area contributed by atoms with Gasteiger partial charge in [0.2, 0.25) is 0 Å². The minimum absolute atomic E-state index is 0.480. The van der Waals surface area contributed by atoms with Crippen LogP contribution in [0.1, 0.15) is 26.1 Å². The van der Waals surface area contributed by atoms with Crippen molar-refractivity contribution in [1.82, 2.24) is 34.8 Å². The van der Waals surface area contributed by atoms with Crippen molar-refractivity contribution in [2.75, 3.05) is 6.54 Å². The van der Waals surface area contributed by atoms with Crippen molar-refractivity contribution in [2.45, 2.75) is 39.9 Å². The van der Waals surface area contributed by atoms with Gasteiger partial charge in [0.15, 0.2) is 5.82 Å². The Morgan fingerprint density at radius 1 is 1.23 bits per heavy atom. The molecule has 31 heavy (non-hydrogen) atoms. The predicted molar refractivity (Wildman–Crippen MR) is 120 cm³/mol. The molecule has 0 bridgehead atoms. The van der Waals surface area contributed by atoms with Crippen LogP contribution in [0, 0.1) is 0 Å². The highest BCUT2D eigenvalue weighted by molar-refractivity contribution is 5.91. The maximum atomic E-state index is 5.63. The molecule has 0 amide bonds. The molecule has 1 N–H and O–H groups in total. The SMILES string of the molecule is CC=C(C=CCC)CNCc1noc(-c2c3ccccc3nn2CCn2ccnc2)n1. The molecule has 8 heteroatoms. The highest BCUT2D eigenvalue weighted by Crippen LogP contribution is 2.27. The van der Waals surface area contributed by atoms with Crippen molar-refractivity contribution < 1.29 is 4.52 Å². The van der Waals surface area contributed by atoms with Crippen LogP contribution in [0.3, 0.4) is 0 Å². The van der Waals surface area contributed by atoms with Crippen LogP contribution < -0.4 is 5.32 Å². The van der Waals surface area contributed by atoms with E-state index in [1.165, 1.54) is 5.57 Å². The maximum absolute atomic E-state index is 5.63. The molecule has 0 saturated heterocycles. The highest BCUT2D eigenvalue weighted by Gasteiger charge is 2.19. The minimum atomic E-state index is 0.480. The number of allylic oxidation sites excluding steroid dienone is 2. The van der Waals surface area contributed by atoms with Gasteiger partial charge < -0.3 is 14.4 Å². The minimum Gasteiger partial charge on any atom is -0.336 e. The molecule has 3 aromatic heterocycles. The van der Waals surface area contributed by atoms with E-state index in [1.54, 1.807) is 12.5 Å². The number of nitrogens with zero attached hydrogens (tertiary/aromatic N) is 6. The number of fused-ring (bicyclic) bond motifs is 1. The van der Waals surface area contributed by atoms with E-state index in [0.717, 1.165) is 36.1 Å². The summed E-state index contributed by atoms with van der Waals surface area (Å²) in [5.41, 5.74) is 2.98. The molecule has 0 saturated carbocycles. The number of nitrogens with one attached hydrogen (secondary N) is 1. The largest absolute Gasteiger partial charge is 0.336 e. The maximum Gasteiger partial charge on any atom is 0.276 e. The van der Waals surface area contributed by atoms with Gasteiger partial charge in [0, 0.05) is 30.9 Å². The van der Waals surface area contributed by atoms with Gasteiger partial charge in [-0.1, -0.05) is 48.5 Å². The Kier molecular flexibility index (Phi) is 6.68. The summed E-state index contributed by atoms with van der Waals surface area (Å²) in [6.07, 6.45) is 12.9. The number of aromatic nitrogens is 6. The molecule has 0 aliphatic carbocycles. The lowest BCUT2D eigenvalue weighted by molar-refractivity contribution is 0.414. The Morgan fingerprint density at radius 3 is 2.94 bits per heavy atom. The molecule has 0 atom stereocenters. The molecule has 0 radical (unpaired) electrons. The summed E-state index contributed by atoms with van der Waals surface area (Å²) >= 11 is 0. The van der Waals surface area contributed by atoms with E-state index in [2.05, 4.69) is 45.6 Å². The van der Waals surface area contributed by atoms with E-state index < -0.39 is 0 Å². The number of rotatable bonds is 10. The quantitative estimate of drug-likeness (QED) is 0.393. The van der Waals surface area contributed by atoms with E-state index in [4.69, 9.17) is 9.62 Å². The van der Waals surface area contributed by atoms with Crippen LogP contribution in [-0.2, 0) is 19.6 Å². The molecular formula is C23H27N7O. The van der Waals surface area contributed by atoms with Gasteiger partial charge in [-0.2, -0.15) is 10.1 Å². The van der Waals surface area contributed by atoms with Crippen molar-refractivity contribution >= 4 is 10.9 Å². The summed E-state index contributed by atoms with van der Waals surface area (Å²) in [5, 5.41) is 13.3. The van der Waals surface area contributed by atoms with Crippen LogP contribution in [-0.4, -0.2) is 36.0 Å². The molecule has 0 aliphatic heterocycles. The van der Waals surface area contributed by atoms with Gasteiger partial charge in [0.25, 0.3) is 5.89 Å². The zero-order valence-corrected chi connectivity index (χ0v) is 17.9. The molecule has 0 aliphatic rings. The van der Waals surface area contributed by atoms with E-state index >= 15 is 0 Å². The molecule has 0 unspecified atom stereocenters. The first-order valence-electron chi connectivity index (χ1n) is 10.5. The Morgan fingerprint density at radius 2 is 2.13 bits per heavy atom. The van der Waals surface area contributed by atoms with Gasteiger partial charge in [-0.05, 0) is 25.0 Å². The highest BCUT2D eigenvalue weighted by atomic mass is 16.5. The van der Waals surface area contributed by atoms with Crippen molar-refractivity contribution in [3.05, 3.63) is 72.6 Å². The van der Waals surface area contributed by atoms with E-state index in [9.17, 15) is 0 Å². The van der Waals surface area contributed by atoms with Crippen molar-refractivity contribution in [1.29, 1.82) is 0 Å². The molecule has 8 nitrogen and oxygen atoms in total. The van der Waals surface area contributed by atoms with Crippen molar-refractivity contribution in [2.24, 2.45) is 0 Å². The number of imidazole rings is 1. The van der Waals surface area contributed by atoms with E-state index in [0.29, 0.717) is 24.8 Å². The number of hydrogen-bond donors (Lipinski definition) is 1. The Hall–Kier alpha value is -3.52. The first kappa shape index (κ1) is 20.7. The standard InChI is InChI=1S/C23H27N7O/c1-3-5-8-18(4-2)15-25-16-21-26-23(31-28-21)22-19-9-6-7-10-20(19)27-30(22)14-13-29-12-11-24-17-29/h4-12,17,25H,3,13-16H2,1-2H3. The summed E-state index contributed by atoms with van der Waals surface area (Å²) < 4.78 is 9.59. The van der Waals surface area contributed by atoms with Crippen LogP contribution >= 0.6 is 0 Å². The second-order valence-electron chi connectivity index (χ2n) is 7.18. The molecule has 1 aromatic carbocycles. The molecule has 4 rings (SSSR count). The Labute approximate surface area is 181 Å². The van der Waals surface area contributed by atoms with Crippen LogP contribution in [0.15, 0.2) is 71.3 Å². The lowest BCUT2D eigenvalue weighted by atomic mass is 10.2. The smallest absolute Gasteiger partial charge is 0.276 e. The second-order valence-corrected chi connectivity index (χ2v) is 7.18. The number of benzene rings is 1. The molecule has 4 aromatic rings. The molecule has 160 valence electrons. The van der Waals surface area contributed by atoms with Gasteiger partial charge in [-0.25, -0.2) is 4.98 Å². The molecule has 0 fully saturated rings. The fourth-order valence-corrected chi connectivity index (χ4v) is 3.36. The third kappa shape index (κ3) is 4.97. The summed E-state index contributed by atoms with van der Waals surface area (Å²) in [4.78, 5) is 8.74. The van der Waals surface area contributed by atoms with E-state index in [1.807, 2.05) is 46.6 Å². The summed E-state index contributed by atoms with van der Waals surface area (Å²) in [7, 11) is 0. The fraction of sp³-hybridized carbons (Fsp3) is 0.304. The van der Waals surface area contributed by atoms with Crippen LogP contribution in [0.5, 0.6) is 0 Å². The summed E-state index contributed by atoms with van der Waals surface area (Å²) in [5.74, 6) is 1.10. The van der Waals surface area contributed by atoms with Gasteiger partial charge >= 0.3 is 0 Å². The van der Waals surface area contributed by atoms with Crippen molar-refractivity contribution in [3.63, 3.8) is 0 Å². The van der Waals surface area contributed by atoms with E-state index in [-0.39, 0.29) is 0 Å². The monoisotopic (exact) mass is 417 g/mol. The lowest BCUT2D eigenvalue weighted by Gasteiger charge is -2.05. The first-order valence-corrected chi connectivity index (χ1v) is 10.5. The number of hydrogen-bond acceptors (Lipinski definition) is 6. The topological polar surface area (TPSA) is 86.6 Å². The van der Waals surface area contributed by atoms with Crippen LogP contribution in [0.25, 0.3) is 22.5 Å². The fourth-order valence-electron chi connectivity index (χ4n) is 3.36. The second kappa shape index (κ2) is 9.99. The third-order valence-corrected chi connectivity index (χ3v) is 5.00. The zero-order chi connectivity index (χ0) is 21.5. The lowest BCUT2D eigenvalue weighted by Crippen LogP contribution is -2.16. The van der Waals surface area contributed by atoms with Gasteiger partial charge in [0.1, 0.15) is 5.69 Å². The Bertz CT molecular complexity index is 1170. The average Bonchev–Trinajstić information content (AvgIpc) is 3.54. The molecule has 3 heterocycles. The third-order valence-electron chi connectivity index (χ3n) is 5.00. The first-order chi connectivity index (χ1) is 15.3. The van der Waals surface area contributed by atoms with Crippen molar-refractivity contribution in [3.8, 4) is 11.6 Å². The molecular weight excluding hydrogens is 390 g/mol. The zero-order valence-electron chi connectivity index (χ0n) is 17.9.